The summed E-state index contributed by atoms with van der Waals surface area (Å²) in [6.07, 6.45) is 0. The lowest BCUT2D eigenvalue weighted by Crippen LogP contribution is -2.37. The molecule has 1 saturated heterocycles. The first-order chi connectivity index (χ1) is 16.8. The second-order valence-corrected chi connectivity index (χ2v) is 7.37. The van der Waals surface area contributed by atoms with Crippen LogP contribution in [0.3, 0.4) is 0 Å². The van der Waals surface area contributed by atoms with Gasteiger partial charge in [-0.1, -0.05) is 18.2 Å². The topological polar surface area (TPSA) is 149 Å². The zero-order chi connectivity index (χ0) is 23.8. The number of nitrogens with zero attached hydrogens (tertiary/aromatic N) is 4. The number of morpholine rings is 1. The Labute approximate surface area is 199 Å². The van der Waals surface area contributed by atoms with Crippen LogP contribution in [-0.2, 0) is 14.2 Å². The number of aromatic nitrogens is 3. The number of hydrogen-bond donors (Lipinski definition) is 4. The number of rotatable bonds is 15. The zero-order valence-corrected chi connectivity index (χ0v) is 19.4. The Kier molecular flexibility index (Phi) is 11.2. The molecular formula is C22H34N8O4. The highest BCUT2D eigenvalue weighted by Crippen LogP contribution is 2.14. The second kappa shape index (κ2) is 15.0. The average molecular weight is 475 g/mol. The monoisotopic (exact) mass is 474 g/mol. The molecule has 1 aromatic carbocycles. The summed E-state index contributed by atoms with van der Waals surface area (Å²) in [5, 5.41) is 9.10. The van der Waals surface area contributed by atoms with Crippen molar-refractivity contribution >= 4 is 23.8 Å². The van der Waals surface area contributed by atoms with Crippen molar-refractivity contribution in [3.05, 3.63) is 35.9 Å². The molecule has 186 valence electrons. The SMILES string of the molecule is NCCNc1nc(NCCOCCOCCNC(=O)c2ccccc2)nc(N2CCOCC2)n1. The molecule has 34 heavy (non-hydrogen) atoms. The molecule has 2 heterocycles. The maximum Gasteiger partial charge on any atom is 0.251 e. The van der Waals surface area contributed by atoms with Crippen molar-refractivity contribution in [2.45, 2.75) is 0 Å². The number of amides is 1. The van der Waals surface area contributed by atoms with Gasteiger partial charge in [0.15, 0.2) is 0 Å². The van der Waals surface area contributed by atoms with Gasteiger partial charge in [0.25, 0.3) is 5.91 Å². The van der Waals surface area contributed by atoms with Crippen LogP contribution in [0.15, 0.2) is 30.3 Å². The Bertz CT molecular complexity index is 852. The van der Waals surface area contributed by atoms with Gasteiger partial charge in [-0.15, -0.1) is 0 Å². The lowest BCUT2D eigenvalue weighted by Gasteiger charge is -2.27. The van der Waals surface area contributed by atoms with Crippen molar-refractivity contribution < 1.29 is 19.0 Å². The van der Waals surface area contributed by atoms with Gasteiger partial charge >= 0.3 is 0 Å². The smallest absolute Gasteiger partial charge is 0.251 e. The predicted octanol–water partition coefficient (Wildman–Crippen LogP) is -0.0461. The quantitative estimate of drug-likeness (QED) is 0.258. The van der Waals surface area contributed by atoms with Crippen LogP contribution >= 0.6 is 0 Å². The summed E-state index contributed by atoms with van der Waals surface area (Å²) in [5.74, 6) is 1.46. The minimum absolute atomic E-state index is 0.108. The minimum atomic E-state index is -0.108. The van der Waals surface area contributed by atoms with Crippen molar-refractivity contribution in [3.63, 3.8) is 0 Å². The van der Waals surface area contributed by atoms with Crippen molar-refractivity contribution in [1.29, 1.82) is 0 Å². The summed E-state index contributed by atoms with van der Waals surface area (Å²) in [7, 11) is 0. The first kappa shape index (κ1) is 25.6. The molecule has 0 aliphatic carbocycles. The van der Waals surface area contributed by atoms with Crippen LogP contribution in [0.4, 0.5) is 17.8 Å². The molecule has 5 N–H and O–H groups in total. The van der Waals surface area contributed by atoms with Crippen LogP contribution in [-0.4, -0.2) is 99.8 Å². The Balaban J connectivity index is 1.29. The van der Waals surface area contributed by atoms with Crippen LogP contribution in [0, 0.1) is 0 Å². The first-order valence-electron chi connectivity index (χ1n) is 11.5. The van der Waals surface area contributed by atoms with Gasteiger partial charge in [-0.3, -0.25) is 4.79 Å². The van der Waals surface area contributed by atoms with E-state index in [1.807, 2.05) is 18.2 Å². The van der Waals surface area contributed by atoms with Crippen LogP contribution in [0.1, 0.15) is 10.4 Å². The number of benzene rings is 1. The summed E-state index contributed by atoms with van der Waals surface area (Å²) < 4.78 is 16.5. The van der Waals surface area contributed by atoms with E-state index in [9.17, 15) is 4.79 Å². The average Bonchev–Trinajstić information content (AvgIpc) is 2.89. The molecule has 0 radical (unpaired) electrons. The predicted molar refractivity (Wildman–Crippen MR) is 129 cm³/mol. The molecule has 3 rings (SSSR count). The molecule has 12 nitrogen and oxygen atoms in total. The van der Waals surface area contributed by atoms with Crippen molar-refractivity contribution in [3.8, 4) is 0 Å². The van der Waals surface area contributed by atoms with Crippen LogP contribution in [0.5, 0.6) is 0 Å². The van der Waals surface area contributed by atoms with Crippen LogP contribution < -0.4 is 26.6 Å². The molecule has 0 bridgehead atoms. The fourth-order valence-corrected chi connectivity index (χ4v) is 3.10. The summed E-state index contributed by atoms with van der Waals surface area (Å²) >= 11 is 0. The molecule has 0 spiro atoms. The van der Waals surface area contributed by atoms with Crippen LogP contribution in [0.25, 0.3) is 0 Å². The van der Waals surface area contributed by atoms with Crippen LogP contribution in [0.2, 0.25) is 0 Å². The highest BCUT2D eigenvalue weighted by Gasteiger charge is 2.16. The molecule has 1 aliphatic rings. The van der Waals surface area contributed by atoms with E-state index in [0.717, 1.165) is 13.1 Å². The molecule has 12 heteroatoms. The summed E-state index contributed by atoms with van der Waals surface area (Å²) in [4.78, 5) is 27.4. The largest absolute Gasteiger partial charge is 0.378 e. The third kappa shape index (κ3) is 9.06. The van der Waals surface area contributed by atoms with Gasteiger partial charge in [-0.25, -0.2) is 0 Å². The first-order valence-corrected chi connectivity index (χ1v) is 11.5. The van der Waals surface area contributed by atoms with E-state index in [1.54, 1.807) is 12.1 Å². The molecule has 1 amide bonds. The molecule has 1 aliphatic heterocycles. The number of hydrogen-bond acceptors (Lipinski definition) is 11. The second-order valence-electron chi connectivity index (χ2n) is 7.37. The summed E-state index contributed by atoms with van der Waals surface area (Å²) in [5.41, 5.74) is 6.21. The number of anilines is 3. The van der Waals surface area contributed by atoms with Crippen molar-refractivity contribution in [1.82, 2.24) is 20.3 Å². The van der Waals surface area contributed by atoms with Gasteiger partial charge in [-0.2, -0.15) is 15.0 Å². The highest BCUT2D eigenvalue weighted by atomic mass is 16.5. The molecule has 0 unspecified atom stereocenters. The fourth-order valence-electron chi connectivity index (χ4n) is 3.10. The Morgan fingerprint density at radius 1 is 0.912 bits per heavy atom. The Hall–Kier alpha value is -3.06. The molecule has 1 fully saturated rings. The van der Waals surface area contributed by atoms with Gasteiger partial charge < -0.3 is 40.8 Å². The fraction of sp³-hybridized carbons (Fsp3) is 0.545. The van der Waals surface area contributed by atoms with E-state index in [0.29, 0.717) is 89.2 Å². The van der Waals surface area contributed by atoms with Gasteiger partial charge in [-0.05, 0) is 12.1 Å². The lowest BCUT2D eigenvalue weighted by molar-refractivity contribution is 0.0519. The maximum absolute atomic E-state index is 11.9. The number of ether oxygens (including phenoxy) is 3. The van der Waals surface area contributed by atoms with Gasteiger partial charge in [0, 0.05) is 44.8 Å². The highest BCUT2D eigenvalue weighted by molar-refractivity contribution is 5.94. The third-order valence-corrected chi connectivity index (χ3v) is 4.81. The molecular weight excluding hydrogens is 440 g/mol. The van der Waals surface area contributed by atoms with Gasteiger partial charge in [0.1, 0.15) is 0 Å². The Morgan fingerprint density at radius 2 is 1.56 bits per heavy atom. The minimum Gasteiger partial charge on any atom is -0.378 e. The van der Waals surface area contributed by atoms with E-state index in [2.05, 4.69) is 35.8 Å². The van der Waals surface area contributed by atoms with Crippen molar-refractivity contribution in [2.75, 3.05) is 94.4 Å². The maximum atomic E-state index is 11.9. The summed E-state index contributed by atoms with van der Waals surface area (Å²) in [6, 6.07) is 9.09. The van der Waals surface area contributed by atoms with E-state index in [-0.39, 0.29) is 5.91 Å². The molecule has 2 aromatic rings. The molecule has 0 atom stereocenters. The molecule has 0 saturated carbocycles. The van der Waals surface area contributed by atoms with Gasteiger partial charge in [0.2, 0.25) is 17.8 Å². The van der Waals surface area contributed by atoms with E-state index in [4.69, 9.17) is 19.9 Å². The van der Waals surface area contributed by atoms with Gasteiger partial charge in [0.05, 0.1) is 39.6 Å². The standard InChI is InChI=1S/C22H34N8O4/c23-6-7-25-20-27-21(29-22(28-20)30-10-14-34-15-11-30)26-9-13-33-17-16-32-12-8-24-19(31)18-4-2-1-3-5-18/h1-5H,6-17,23H2,(H,24,31)(H2,25,26,27,28,29). The number of carbonyl (C=O) groups excluding carboxylic acids is 1. The Morgan fingerprint density at radius 3 is 2.24 bits per heavy atom. The summed E-state index contributed by atoms with van der Waals surface area (Å²) in [6.45, 7) is 6.60. The van der Waals surface area contributed by atoms with E-state index < -0.39 is 0 Å². The van der Waals surface area contributed by atoms with E-state index >= 15 is 0 Å². The zero-order valence-electron chi connectivity index (χ0n) is 19.4. The lowest BCUT2D eigenvalue weighted by atomic mass is 10.2. The number of nitrogens with one attached hydrogen (secondary N) is 3. The number of carbonyl (C=O) groups is 1. The molecule has 1 aromatic heterocycles. The normalized spacial score (nSPS) is 13.5. The third-order valence-electron chi connectivity index (χ3n) is 4.81. The number of nitrogens with two attached hydrogens (primary N) is 1. The van der Waals surface area contributed by atoms with E-state index in [1.165, 1.54) is 0 Å². The van der Waals surface area contributed by atoms with Crippen molar-refractivity contribution in [2.24, 2.45) is 5.73 Å².